The molecule has 2 nitrogen and oxygen atoms in total. The second kappa shape index (κ2) is 3.21. The zero-order chi connectivity index (χ0) is 9.49. The summed E-state index contributed by atoms with van der Waals surface area (Å²) in [6.07, 6.45) is 10.9. The molecule has 1 N–H and O–H groups in total. The quantitative estimate of drug-likeness (QED) is 0.641. The average Bonchev–Trinajstić information content (AvgIpc) is 2.18. The van der Waals surface area contributed by atoms with Gasteiger partial charge in [-0.05, 0) is 32.1 Å². The lowest BCUT2D eigenvalue weighted by molar-refractivity contribution is -0.189. The third kappa shape index (κ3) is 1.40. The number of nitrogens with one attached hydrogen (secondary N) is 1. The van der Waals surface area contributed by atoms with Crippen LogP contribution in [-0.4, -0.2) is 18.9 Å². The van der Waals surface area contributed by atoms with Crippen molar-refractivity contribution in [1.82, 2.24) is 5.32 Å². The zero-order valence-electron chi connectivity index (χ0n) is 8.98. The van der Waals surface area contributed by atoms with E-state index in [-0.39, 0.29) is 5.72 Å². The van der Waals surface area contributed by atoms with E-state index in [1.54, 1.807) is 0 Å². The highest BCUT2D eigenvalue weighted by atomic mass is 16.5. The number of ether oxygens (including phenoxy) is 1. The van der Waals surface area contributed by atoms with Gasteiger partial charge >= 0.3 is 0 Å². The Balaban J connectivity index is 1.63. The molecule has 0 aromatic rings. The van der Waals surface area contributed by atoms with Gasteiger partial charge in [0.05, 0.1) is 6.61 Å². The summed E-state index contributed by atoms with van der Waals surface area (Å²) in [7, 11) is 0. The second-order valence-corrected chi connectivity index (χ2v) is 5.55. The molecule has 3 rings (SSSR count). The molecule has 0 radical (unpaired) electrons. The molecule has 80 valence electrons. The fraction of sp³-hybridized carbons (Fsp3) is 1.00. The summed E-state index contributed by atoms with van der Waals surface area (Å²) in [5, 5.41) is 3.67. The molecule has 0 atom stereocenters. The first kappa shape index (κ1) is 9.17. The molecule has 2 spiro atoms. The van der Waals surface area contributed by atoms with Crippen molar-refractivity contribution in [1.29, 1.82) is 0 Å². The topological polar surface area (TPSA) is 21.3 Å². The third-order valence-electron chi connectivity index (χ3n) is 4.52. The number of hydrogen-bond donors (Lipinski definition) is 1. The predicted molar refractivity (Wildman–Crippen MR) is 56.1 cm³/mol. The summed E-state index contributed by atoms with van der Waals surface area (Å²) in [5.41, 5.74) is 0.641. The van der Waals surface area contributed by atoms with Crippen molar-refractivity contribution in [3.63, 3.8) is 0 Å². The Labute approximate surface area is 86.4 Å². The monoisotopic (exact) mass is 195 g/mol. The first-order chi connectivity index (χ1) is 6.83. The minimum absolute atomic E-state index is 0.128. The van der Waals surface area contributed by atoms with Crippen molar-refractivity contribution in [3.05, 3.63) is 0 Å². The van der Waals surface area contributed by atoms with Gasteiger partial charge in [0.2, 0.25) is 0 Å². The van der Waals surface area contributed by atoms with Crippen LogP contribution < -0.4 is 5.32 Å². The van der Waals surface area contributed by atoms with E-state index in [0.29, 0.717) is 5.41 Å². The van der Waals surface area contributed by atoms with Crippen molar-refractivity contribution in [2.75, 3.05) is 13.2 Å². The van der Waals surface area contributed by atoms with Crippen LogP contribution in [0.5, 0.6) is 0 Å². The maximum atomic E-state index is 6.08. The SMILES string of the molecule is C1CCC2(CC1)CNC1(CCC1)OC2. The molecule has 0 aromatic carbocycles. The van der Waals surface area contributed by atoms with Crippen LogP contribution in [0.3, 0.4) is 0 Å². The molecule has 0 amide bonds. The van der Waals surface area contributed by atoms with Gasteiger partial charge in [-0.3, -0.25) is 5.32 Å². The van der Waals surface area contributed by atoms with Crippen LogP contribution >= 0.6 is 0 Å². The standard InChI is InChI=1S/C12H21NO/c1-2-5-11(6-3-1)9-13-12(14-10-11)7-4-8-12/h13H,1-10H2. The largest absolute Gasteiger partial charge is 0.360 e. The summed E-state index contributed by atoms with van der Waals surface area (Å²) in [4.78, 5) is 0. The Bertz CT molecular complexity index is 204. The van der Waals surface area contributed by atoms with E-state index < -0.39 is 0 Å². The van der Waals surface area contributed by atoms with E-state index in [1.165, 1.54) is 57.9 Å². The van der Waals surface area contributed by atoms with Crippen LogP contribution in [0.25, 0.3) is 0 Å². The molecule has 14 heavy (non-hydrogen) atoms. The molecular formula is C12H21NO. The van der Waals surface area contributed by atoms with Crippen molar-refractivity contribution in [2.45, 2.75) is 57.1 Å². The number of rotatable bonds is 0. The Kier molecular flexibility index (Phi) is 2.10. The summed E-state index contributed by atoms with van der Waals surface area (Å²) < 4.78 is 6.08. The predicted octanol–water partition coefficient (Wildman–Crippen LogP) is 2.44. The third-order valence-corrected chi connectivity index (χ3v) is 4.52. The molecule has 2 aliphatic carbocycles. The minimum Gasteiger partial charge on any atom is -0.360 e. The molecule has 1 heterocycles. The second-order valence-electron chi connectivity index (χ2n) is 5.55. The van der Waals surface area contributed by atoms with Crippen molar-refractivity contribution >= 4 is 0 Å². The molecule has 2 saturated carbocycles. The first-order valence-corrected chi connectivity index (χ1v) is 6.22. The van der Waals surface area contributed by atoms with Crippen LogP contribution in [0, 0.1) is 5.41 Å². The molecule has 0 unspecified atom stereocenters. The molecule has 1 aliphatic heterocycles. The van der Waals surface area contributed by atoms with Gasteiger partial charge in [0.25, 0.3) is 0 Å². The van der Waals surface area contributed by atoms with Gasteiger partial charge in [0.15, 0.2) is 0 Å². The Morgan fingerprint density at radius 3 is 2.14 bits per heavy atom. The zero-order valence-corrected chi connectivity index (χ0v) is 8.98. The maximum Gasteiger partial charge on any atom is 0.119 e. The van der Waals surface area contributed by atoms with E-state index in [1.807, 2.05) is 0 Å². The fourth-order valence-corrected chi connectivity index (χ4v) is 3.18. The molecular weight excluding hydrogens is 174 g/mol. The Morgan fingerprint density at radius 1 is 0.857 bits per heavy atom. The highest BCUT2D eigenvalue weighted by molar-refractivity contribution is 4.96. The lowest BCUT2D eigenvalue weighted by atomic mass is 9.72. The van der Waals surface area contributed by atoms with Gasteiger partial charge in [-0.15, -0.1) is 0 Å². The average molecular weight is 195 g/mol. The molecule has 0 aromatic heterocycles. The van der Waals surface area contributed by atoms with Gasteiger partial charge < -0.3 is 4.74 Å². The summed E-state index contributed by atoms with van der Waals surface area (Å²) in [5.74, 6) is 0. The Hall–Kier alpha value is -0.0800. The lowest BCUT2D eigenvalue weighted by Gasteiger charge is -2.52. The summed E-state index contributed by atoms with van der Waals surface area (Å²) >= 11 is 0. The van der Waals surface area contributed by atoms with E-state index in [4.69, 9.17) is 4.74 Å². The molecule has 2 heteroatoms. The van der Waals surface area contributed by atoms with Gasteiger partial charge in [-0.2, -0.15) is 0 Å². The van der Waals surface area contributed by atoms with Crippen LogP contribution in [0.1, 0.15) is 51.4 Å². The number of hydrogen-bond acceptors (Lipinski definition) is 2. The van der Waals surface area contributed by atoms with Crippen molar-refractivity contribution < 1.29 is 4.74 Å². The normalized spacial score (nSPS) is 34.3. The molecule has 0 bridgehead atoms. The maximum absolute atomic E-state index is 6.08. The van der Waals surface area contributed by atoms with Crippen LogP contribution in [-0.2, 0) is 4.74 Å². The Morgan fingerprint density at radius 2 is 1.64 bits per heavy atom. The molecule has 1 saturated heterocycles. The first-order valence-electron chi connectivity index (χ1n) is 6.22. The van der Waals surface area contributed by atoms with E-state index in [0.717, 1.165) is 6.61 Å². The fourth-order valence-electron chi connectivity index (χ4n) is 3.18. The summed E-state index contributed by atoms with van der Waals surface area (Å²) in [6.45, 7) is 2.24. The highest BCUT2D eigenvalue weighted by Gasteiger charge is 2.46. The molecule has 3 aliphatic rings. The van der Waals surface area contributed by atoms with Gasteiger partial charge in [0.1, 0.15) is 5.72 Å². The van der Waals surface area contributed by atoms with Crippen LogP contribution in [0.4, 0.5) is 0 Å². The van der Waals surface area contributed by atoms with Gasteiger partial charge in [0, 0.05) is 12.0 Å². The highest BCUT2D eigenvalue weighted by Crippen LogP contribution is 2.44. The molecule has 3 fully saturated rings. The van der Waals surface area contributed by atoms with E-state index >= 15 is 0 Å². The lowest BCUT2D eigenvalue weighted by Crippen LogP contribution is -2.62. The van der Waals surface area contributed by atoms with Crippen molar-refractivity contribution in [2.24, 2.45) is 5.41 Å². The summed E-state index contributed by atoms with van der Waals surface area (Å²) in [6, 6.07) is 0. The van der Waals surface area contributed by atoms with E-state index in [2.05, 4.69) is 5.32 Å². The smallest absolute Gasteiger partial charge is 0.119 e. The van der Waals surface area contributed by atoms with E-state index in [9.17, 15) is 0 Å². The van der Waals surface area contributed by atoms with Crippen molar-refractivity contribution in [3.8, 4) is 0 Å². The van der Waals surface area contributed by atoms with Crippen LogP contribution in [0.2, 0.25) is 0 Å². The van der Waals surface area contributed by atoms with Gasteiger partial charge in [-0.1, -0.05) is 19.3 Å². The minimum atomic E-state index is 0.128. The van der Waals surface area contributed by atoms with Gasteiger partial charge in [-0.25, -0.2) is 0 Å². The van der Waals surface area contributed by atoms with Crippen LogP contribution in [0.15, 0.2) is 0 Å².